The number of fused-ring (bicyclic) bond motifs is 1. The van der Waals surface area contributed by atoms with Crippen molar-refractivity contribution in [1.82, 2.24) is 24.6 Å². The summed E-state index contributed by atoms with van der Waals surface area (Å²) in [6.07, 6.45) is 1.74. The molecule has 1 amide bonds. The Kier molecular flexibility index (Phi) is 5.06. The van der Waals surface area contributed by atoms with E-state index in [4.69, 9.17) is 5.73 Å². The normalized spacial score (nSPS) is 14.0. The van der Waals surface area contributed by atoms with Crippen LogP contribution >= 0.6 is 0 Å². The number of anilines is 4. The molecule has 1 saturated heterocycles. The minimum atomic E-state index is 0.133. The van der Waals surface area contributed by atoms with E-state index in [1.807, 2.05) is 47.4 Å². The topological polar surface area (TPSA) is 105 Å². The summed E-state index contributed by atoms with van der Waals surface area (Å²) < 4.78 is 1.55. The average Bonchev–Trinajstić information content (AvgIpc) is 3.19. The third kappa shape index (κ3) is 3.80. The first-order valence-corrected chi connectivity index (χ1v) is 10.5. The van der Waals surface area contributed by atoms with E-state index < -0.39 is 0 Å². The maximum Gasteiger partial charge on any atom is 0.248 e. The van der Waals surface area contributed by atoms with Gasteiger partial charge in [0.15, 0.2) is 5.82 Å². The molecule has 0 spiro atoms. The highest BCUT2D eigenvalue weighted by Gasteiger charge is 2.19. The van der Waals surface area contributed by atoms with Gasteiger partial charge in [0.25, 0.3) is 0 Å². The van der Waals surface area contributed by atoms with Gasteiger partial charge in [-0.15, -0.1) is 5.10 Å². The van der Waals surface area contributed by atoms with Gasteiger partial charge in [0.2, 0.25) is 17.8 Å². The van der Waals surface area contributed by atoms with Crippen LogP contribution in [0, 0.1) is 0 Å². The summed E-state index contributed by atoms with van der Waals surface area (Å²) in [5.74, 6) is 1.44. The Bertz CT molecular complexity index is 1250. The highest BCUT2D eigenvalue weighted by molar-refractivity contribution is 5.88. The molecule has 5 rings (SSSR count). The van der Waals surface area contributed by atoms with Crippen LogP contribution in [0.15, 0.2) is 60.8 Å². The van der Waals surface area contributed by atoms with E-state index >= 15 is 0 Å². The van der Waals surface area contributed by atoms with E-state index in [0.717, 1.165) is 48.3 Å². The molecule has 0 aliphatic carbocycles. The first-order chi connectivity index (χ1) is 15.6. The van der Waals surface area contributed by atoms with Gasteiger partial charge in [0.1, 0.15) is 0 Å². The summed E-state index contributed by atoms with van der Waals surface area (Å²) in [6, 6.07) is 18.0. The maximum atomic E-state index is 11.5. The van der Waals surface area contributed by atoms with Gasteiger partial charge in [-0.25, -0.2) is 4.98 Å². The van der Waals surface area contributed by atoms with Crippen LogP contribution in [0.2, 0.25) is 0 Å². The largest absolute Gasteiger partial charge is 0.368 e. The fourth-order valence-corrected chi connectivity index (χ4v) is 3.97. The third-order valence-corrected chi connectivity index (χ3v) is 5.70. The number of hydrogen-bond acceptors (Lipinski definition) is 7. The molecule has 4 aromatic rings. The van der Waals surface area contributed by atoms with Gasteiger partial charge in [-0.05, 0) is 35.7 Å². The van der Waals surface area contributed by atoms with Crippen LogP contribution in [0.3, 0.4) is 0 Å². The number of nitrogen functional groups attached to an aromatic ring is 1. The smallest absolute Gasteiger partial charge is 0.248 e. The van der Waals surface area contributed by atoms with Crippen molar-refractivity contribution in [2.24, 2.45) is 0 Å². The summed E-state index contributed by atoms with van der Waals surface area (Å²) in [5.41, 5.74) is 8.13. The van der Waals surface area contributed by atoms with Crippen molar-refractivity contribution in [2.75, 3.05) is 42.1 Å². The molecule has 1 aliphatic rings. The molecule has 2 aromatic carbocycles. The van der Waals surface area contributed by atoms with Crippen LogP contribution in [-0.4, -0.2) is 56.7 Å². The SMILES string of the molecule is CC(=O)N1CCN(c2ccc(Nc3nc(N)n(-c4nccc5ccccc45)n3)cc2)CC1. The lowest BCUT2D eigenvalue weighted by Crippen LogP contribution is -2.48. The van der Waals surface area contributed by atoms with Crippen LogP contribution in [0.5, 0.6) is 0 Å². The summed E-state index contributed by atoms with van der Waals surface area (Å²) in [5, 5.41) is 9.74. The zero-order chi connectivity index (χ0) is 22.1. The number of benzene rings is 2. The van der Waals surface area contributed by atoms with Gasteiger partial charge in [-0.3, -0.25) is 4.79 Å². The first kappa shape index (κ1) is 19.8. The Morgan fingerprint density at radius 3 is 2.50 bits per heavy atom. The van der Waals surface area contributed by atoms with Crippen molar-refractivity contribution in [3.63, 3.8) is 0 Å². The number of amides is 1. The fraction of sp³-hybridized carbons (Fsp3) is 0.217. The quantitative estimate of drug-likeness (QED) is 0.515. The summed E-state index contributed by atoms with van der Waals surface area (Å²) >= 11 is 0. The minimum absolute atomic E-state index is 0.133. The Morgan fingerprint density at radius 1 is 1.00 bits per heavy atom. The van der Waals surface area contributed by atoms with Crippen molar-refractivity contribution in [3.8, 4) is 5.82 Å². The van der Waals surface area contributed by atoms with E-state index in [0.29, 0.717) is 11.8 Å². The summed E-state index contributed by atoms with van der Waals surface area (Å²) in [7, 11) is 0. The molecule has 1 aliphatic heterocycles. The first-order valence-electron chi connectivity index (χ1n) is 10.5. The van der Waals surface area contributed by atoms with Crippen molar-refractivity contribution in [2.45, 2.75) is 6.92 Å². The van der Waals surface area contributed by atoms with Crippen LogP contribution in [0.4, 0.5) is 23.3 Å². The molecular weight excluding hydrogens is 404 g/mol. The standard InChI is InChI=1S/C23H24N8O/c1-16(32)29-12-14-30(15-13-29)19-8-6-18(7-9-19)26-23-27-22(24)31(28-23)21-20-5-3-2-4-17(20)10-11-25-21/h2-11H,12-15H2,1H3,(H3,24,26,27,28). The number of pyridine rings is 1. The highest BCUT2D eigenvalue weighted by Crippen LogP contribution is 2.24. The fourth-order valence-electron chi connectivity index (χ4n) is 3.97. The Balaban J connectivity index is 1.32. The summed E-state index contributed by atoms with van der Waals surface area (Å²) in [4.78, 5) is 24.5. The van der Waals surface area contributed by atoms with E-state index in [-0.39, 0.29) is 11.9 Å². The maximum absolute atomic E-state index is 11.5. The van der Waals surface area contributed by atoms with Crippen LogP contribution < -0.4 is 16.0 Å². The van der Waals surface area contributed by atoms with Crippen molar-refractivity contribution < 1.29 is 4.79 Å². The number of nitrogens with one attached hydrogen (secondary N) is 1. The predicted octanol–water partition coefficient (Wildman–Crippen LogP) is 2.81. The second-order valence-electron chi connectivity index (χ2n) is 7.73. The lowest BCUT2D eigenvalue weighted by Gasteiger charge is -2.35. The number of rotatable bonds is 4. The van der Waals surface area contributed by atoms with Gasteiger partial charge in [0, 0.05) is 56.1 Å². The Labute approximate surface area is 185 Å². The molecule has 9 nitrogen and oxygen atoms in total. The molecule has 0 radical (unpaired) electrons. The molecule has 9 heteroatoms. The van der Waals surface area contributed by atoms with Crippen molar-refractivity contribution in [3.05, 3.63) is 60.8 Å². The monoisotopic (exact) mass is 428 g/mol. The Hall–Kier alpha value is -4.14. The molecule has 1 fully saturated rings. The molecule has 2 aromatic heterocycles. The van der Waals surface area contributed by atoms with E-state index in [9.17, 15) is 4.79 Å². The second-order valence-corrected chi connectivity index (χ2v) is 7.73. The number of aromatic nitrogens is 4. The van der Waals surface area contributed by atoms with E-state index in [1.54, 1.807) is 17.8 Å². The summed E-state index contributed by atoms with van der Waals surface area (Å²) in [6.45, 7) is 4.77. The number of hydrogen-bond donors (Lipinski definition) is 2. The molecule has 32 heavy (non-hydrogen) atoms. The second kappa shape index (κ2) is 8.18. The highest BCUT2D eigenvalue weighted by atomic mass is 16.2. The Morgan fingerprint density at radius 2 is 1.75 bits per heavy atom. The van der Waals surface area contributed by atoms with Gasteiger partial charge < -0.3 is 20.9 Å². The number of nitrogens with zero attached hydrogens (tertiary/aromatic N) is 6. The molecule has 162 valence electrons. The molecule has 0 saturated carbocycles. The number of carbonyl (C=O) groups excluding carboxylic acids is 1. The molecular formula is C23H24N8O. The van der Waals surface area contributed by atoms with Crippen molar-refractivity contribution in [1.29, 1.82) is 0 Å². The van der Waals surface area contributed by atoms with Gasteiger partial charge in [0.05, 0.1) is 0 Å². The minimum Gasteiger partial charge on any atom is -0.368 e. The van der Waals surface area contributed by atoms with Gasteiger partial charge in [-0.1, -0.05) is 24.3 Å². The zero-order valence-electron chi connectivity index (χ0n) is 17.8. The number of nitrogens with two attached hydrogens (primary N) is 1. The lowest BCUT2D eigenvalue weighted by atomic mass is 10.1. The molecule has 3 N–H and O–H groups in total. The molecule has 3 heterocycles. The average molecular weight is 429 g/mol. The van der Waals surface area contributed by atoms with E-state index in [1.165, 1.54) is 0 Å². The number of piperazine rings is 1. The van der Waals surface area contributed by atoms with Crippen LogP contribution in [0.25, 0.3) is 16.6 Å². The van der Waals surface area contributed by atoms with Crippen LogP contribution in [0.1, 0.15) is 6.92 Å². The number of carbonyl (C=O) groups is 1. The third-order valence-electron chi connectivity index (χ3n) is 5.70. The van der Waals surface area contributed by atoms with Crippen molar-refractivity contribution >= 4 is 40.0 Å². The molecule has 0 unspecified atom stereocenters. The van der Waals surface area contributed by atoms with Gasteiger partial charge >= 0.3 is 0 Å². The molecule has 0 atom stereocenters. The van der Waals surface area contributed by atoms with E-state index in [2.05, 4.69) is 37.4 Å². The lowest BCUT2D eigenvalue weighted by molar-refractivity contribution is -0.129. The van der Waals surface area contributed by atoms with Crippen LogP contribution in [-0.2, 0) is 4.79 Å². The molecule has 0 bridgehead atoms. The predicted molar refractivity (Wildman–Crippen MR) is 125 cm³/mol. The van der Waals surface area contributed by atoms with Gasteiger partial charge in [-0.2, -0.15) is 9.67 Å². The zero-order valence-corrected chi connectivity index (χ0v) is 17.8.